The van der Waals surface area contributed by atoms with Crippen LogP contribution in [0.15, 0.2) is 90.5 Å². The minimum Gasteiger partial charge on any atom is -0.753 e. The SMILES string of the molecule is CCCCCCCCc1ccnc(/C([NH-])=C/C(=N)C(F)(F)F)c1.O=CO/C(=C/c1ccnc(-c2cc(/C=C(\CC(F)(F)F)OC=O)cc(-c3cc(/C=C(\CC(F)(F)F)OC=O)ccn3)n2)c1)CC(F)(F)F.[N-]=C=S.[Ru+2]. The molecule has 0 aliphatic heterocycles. The predicted octanol–water partition coefficient (Wildman–Crippen LogP) is 14.2. The normalized spacial score (nSPS) is 12.3. The number of alkyl halides is 12. The number of hydrogen-bond donors (Lipinski definition) is 1. The van der Waals surface area contributed by atoms with Crippen LogP contribution < -0.4 is 0 Å². The first kappa shape index (κ1) is 66.0. The van der Waals surface area contributed by atoms with E-state index in [1.807, 2.05) is 6.07 Å². The molecule has 0 spiro atoms. The van der Waals surface area contributed by atoms with Crippen molar-refractivity contribution in [2.24, 2.45) is 0 Å². The van der Waals surface area contributed by atoms with Crippen molar-refractivity contribution in [3.63, 3.8) is 0 Å². The van der Waals surface area contributed by atoms with Crippen LogP contribution in [-0.4, -0.2) is 74.9 Å². The third kappa shape index (κ3) is 27.8. The summed E-state index contributed by atoms with van der Waals surface area (Å²) in [5.74, 6) is -2.36. The molecule has 0 saturated carbocycles. The Hall–Kier alpha value is -6.98. The summed E-state index contributed by atoms with van der Waals surface area (Å²) in [6, 6.07) is 10.8. The van der Waals surface area contributed by atoms with Gasteiger partial charge in [0.15, 0.2) is 0 Å². The number of allylic oxidation sites excluding steroid dienone is 4. The van der Waals surface area contributed by atoms with Crippen LogP contribution >= 0.6 is 12.2 Å². The van der Waals surface area contributed by atoms with E-state index >= 15 is 0 Å². The molecular weight excluding hydrogens is 1130 g/mol. The fraction of sp³-hybridized carbons (Fsp3) is 0.312. The van der Waals surface area contributed by atoms with Crippen molar-refractivity contribution in [1.82, 2.24) is 19.9 Å². The molecule has 75 heavy (non-hydrogen) atoms. The average Bonchev–Trinajstić information content (AvgIpc) is 3.29. The smallest absolute Gasteiger partial charge is 0.753 e. The average molecular weight is 1180 g/mol. The number of aryl methyl sites for hydroxylation is 1. The van der Waals surface area contributed by atoms with Crippen LogP contribution in [0.4, 0.5) is 52.7 Å². The fourth-order valence-electron chi connectivity index (χ4n) is 6.15. The van der Waals surface area contributed by atoms with E-state index in [9.17, 15) is 67.1 Å². The monoisotopic (exact) mass is 1180 g/mol. The molecule has 4 rings (SSSR count). The number of pyridine rings is 4. The summed E-state index contributed by atoms with van der Waals surface area (Å²) in [7, 11) is 0. The van der Waals surface area contributed by atoms with Gasteiger partial charge in [-0.15, -0.1) is 5.70 Å². The molecule has 404 valence electrons. The number of unbranched alkanes of at least 4 members (excludes halogenated alkanes) is 5. The first-order valence-corrected chi connectivity index (χ1v) is 21.8. The van der Waals surface area contributed by atoms with Crippen LogP contribution in [0, 0.1) is 5.41 Å². The zero-order valence-corrected chi connectivity index (χ0v) is 41.5. The maximum Gasteiger partial charge on any atom is 2.00 e. The summed E-state index contributed by atoms with van der Waals surface area (Å²) in [5, 5.41) is 15.4. The number of carbonyl (C=O) groups is 3. The van der Waals surface area contributed by atoms with Gasteiger partial charge in [-0.1, -0.05) is 51.2 Å². The zero-order valence-electron chi connectivity index (χ0n) is 38.9. The van der Waals surface area contributed by atoms with Crippen LogP contribution in [0.1, 0.15) is 92.7 Å². The number of halogens is 12. The summed E-state index contributed by atoms with van der Waals surface area (Å²) in [6.07, 6.45) is -9.05. The molecule has 0 aliphatic rings. The van der Waals surface area contributed by atoms with Gasteiger partial charge < -0.3 is 25.4 Å². The Morgan fingerprint density at radius 2 is 1.01 bits per heavy atom. The number of nitrogens with zero attached hydrogens (tertiary/aromatic N) is 5. The first-order chi connectivity index (χ1) is 34.7. The van der Waals surface area contributed by atoms with Crippen molar-refractivity contribution < 1.29 is 101 Å². The molecule has 2 N–H and O–H groups in total. The number of isothiocyanates is 1. The second-order valence-corrected chi connectivity index (χ2v) is 15.3. The van der Waals surface area contributed by atoms with Gasteiger partial charge in [0.25, 0.3) is 19.4 Å². The minimum absolute atomic E-state index is 0. The van der Waals surface area contributed by atoms with Crippen molar-refractivity contribution in [2.45, 2.75) is 95.8 Å². The third-order valence-corrected chi connectivity index (χ3v) is 9.16. The standard InChI is InChI=1S/C30H20F9N3O6.C17H23F3N3.CNS.Ru/c31-28(32,33)12-21(46-15-43)5-18-1-3-40-24(8-18)26-10-20(7-23(48-17-45)14-30(37,38)39)11-27(42-26)25-9-19(2-4-41-25)6-22(47-16-44)13-29(34,35)36;1-2-3-4-5-6-7-8-13-9-10-23-15(11-13)14(21)12-16(22)17(18,19)20;2-1-3;/h1-11,15-17H,12-14H2;9-12,21-22H,2-8H2,1H3;;/q;2*-1;+2/b21-5+,22-6+,23-7+;14-12-,22-16?;;. The molecule has 0 amide bonds. The van der Waals surface area contributed by atoms with Gasteiger partial charge in [0.1, 0.15) is 42.3 Å². The Kier molecular flexibility index (Phi) is 28.5. The molecule has 0 fully saturated rings. The molecule has 0 unspecified atom stereocenters. The van der Waals surface area contributed by atoms with E-state index in [1.54, 1.807) is 6.07 Å². The van der Waals surface area contributed by atoms with Crippen molar-refractivity contribution in [2.75, 3.05) is 0 Å². The van der Waals surface area contributed by atoms with Gasteiger partial charge in [0, 0.05) is 24.3 Å². The molecule has 0 saturated heterocycles. The summed E-state index contributed by atoms with van der Waals surface area (Å²) >= 11 is 3.70. The zero-order chi connectivity index (χ0) is 55.5. The molecule has 0 aliphatic carbocycles. The van der Waals surface area contributed by atoms with Crippen LogP contribution in [0.5, 0.6) is 0 Å². The first-order valence-electron chi connectivity index (χ1n) is 21.4. The van der Waals surface area contributed by atoms with Crippen molar-refractivity contribution in [1.29, 1.82) is 5.41 Å². The Morgan fingerprint density at radius 3 is 1.41 bits per heavy atom. The number of nitrogens with one attached hydrogen (secondary N) is 2. The fourth-order valence-corrected chi connectivity index (χ4v) is 6.15. The van der Waals surface area contributed by atoms with Gasteiger partial charge in [-0.25, -0.2) is 4.98 Å². The Labute approximate surface area is 439 Å². The maximum atomic E-state index is 13.1. The molecule has 4 heterocycles. The van der Waals surface area contributed by atoms with E-state index in [0.29, 0.717) is 6.08 Å². The van der Waals surface area contributed by atoms with E-state index < -0.39 is 72.7 Å². The van der Waals surface area contributed by atoms with Crippen molar-refractivity contribution in [3.8, 4) is 22.8 Å². The molecule has 0 atom stereocenters. The van der Waals surface area contributed by atoms with E-state index in [2.05, 4.69) is 53.3 Å². The largest absolute Gasteiger partial charge is 2.00 e. The van der Waals surface area contributed by atoms with E-state index in [-0.39, 0.29) is 84.1 Å². The second-order valence-electron chi connectivity index (χ2n) is 15.1. The Bertz CT molecular complexity index is 2570. The number of ether oxygens (including phenoxy) is 3. The Balaban J connectivity index is 0.000000871. The number of thiocarbonyl (C=S) groups is 1. The summed E-state index contributed by atoms with van der Waals surface area (Å²) in [4.78, 5) is 48.9. The minimum atomic E-state index is -4.80. The van der Waals surface area contributed by atoms with Gasteiger partial charge in [-0.3, -0.25) is 34.7 Å². The maximum absolute atomic E-state index is 13.1. The van der Waals surface area contributed by atoms with Gasteiger partial charge in [0.05, 0.1) is 22.8 Å². The van der Waals surface area contributed by atoms with Crippen LogP contribution in [0.2, 0.25) is 0 Å². The summed E-state index contributed by atoms with van der Waals surface area (Å²) in [5.41, 5.74) is 6.62. The molecular formula is C48H43F12N7O6RuS. The van der Waals surface area contributed by atoms with E-state index in [0.717, 1.165) is 55.4 Å². The summed E-state index contributed by atoms with van der Waals surface area (Å²) < 4.78 is 167. The van der Waals surface area contributed by atoms with Gasteiger partial charge >= 0.3 is 44.2 Å². The topological polar surface area (TPSA) is 200 Å². The van der Waals surface area contributed by atoms with Crippen LogP contribution in [-0.2, 0) is 54.5 Å². The number of aromatic nitrogens is 4. The predicted molar refractivity (Wildman–Crippen MR) is 251 cm³/mol. The third-order valence-electron chi connectivity index (χ3n) is 9.16. The van der Waals surface area contributed by atoms with Crippen LogP contribution in [0.25, 0.3) is 57.8 Å². The molecule has 0 aromatic carbocycles. The number of carbonyl (C=O) groups excluding carboxylic acids is 3. The molecule has 4 aromatic rings. The molecule has 0 bridgehead atoms. The molecule has 0 radical (unpaired) electrons. The van der Waals surface area contributed by atoms with E-state index in [4.69, 9.17) is 16.6 Å². The molecule has 13 nitrogen and oxygen atoms in total. The molecule has 27 heteroatoms. The molecule has 4 aromatic heterocycles. The second kappa shape index (κ2) is 32.4. The quantitative estimate of drug-likeness (QED) is 0.0108. The van der Waals surface area contributed by atoms with E-state index in [1.165, 1.54) is 73.4 Å². The van der Waals surface area contributed by atoms with Gasteiger partial charge in [-0.2, -0.15) is 57.8 Å². The van der Waals surface area contributed by atoms with Gasteiger partial charge in [0.2, 0.25) is 0 Å². The summed E-state index contributed by atoms with van der Waals surface area (Å²) in [6.45, 7) is 1.55. The number of hydrogen-bond acceptors (Lipinski definition) is 12. The Morgan fingerprint density at radius 1 is 0.627 bits per heavy atom. The number of rotatable bonds is 23. The van der Waals surface area contributed by atoms with Crippen molar-refractivity contribution >= 4 is 66.4 Å². The van der Waals surface area contributed by atoms with Crippen LogP contribution in [0.3, 0.4) is 0 Å². The van der Waals surface area contributed by atoms with Gasteiger partial charge in [-0.05, 0) is 108 Å². The van der Waals surface area contributed by atoms with Crippen molar-refractivity contribution in [3.05, 3.63) is 130 Å².